The molecule has 1 aliphatic rings. The van der Waals surface area contributed by atoms with Crippen LogP contribution in [0.3, 0.4) is 0 Å². The third kappa shape index (κ3) is 2.35. The molecule has 0 bridgehead atoms. The molecule has 0 atom stereocenters. The first-order valence-electron chi connectivity index (χ1n) is 6.35. The summed E-state index contributed by atoms with van der Waals surface area (Å²) >= 11 is 11.8. The van der Waals surface area contributed by atoms with Crippen molar-refractivity contribution in [3.05, 3.63) is 68.7 Å². The van der Waals surface area contributed by atoms with Crippen LogP contribution in [0.25, 0.3) is 0 Å². The van der Waals surface area contributed by atoms with Gasteiger partial charge in [0.2, 0.25) is 0 Å². The van der Waals surface area contributed by atoms with Crippen molar-refractivity contribution in [1.29, 1.82) is 5.26 Å². The van der Waals surface area contributed by atoms with Gasteiger partial charge in [-0.2, -0.15) is 5.26 Å². The minimum absolute atomic E-state index is 0.132. The lowest BCUT2D eigenvalue weighted by molar-refractivity contribution is 0.0642. The molecule has 22 heavy (non-hydrogen) atoms. The molecule has 2 aromatic rings. The molecule has 3 rings (SSSR count). The SMILES string of the molecule is N#Cc1ccc(CN2C(=O)c3cc(Cl)c(Cl)cc3C2=O)cc1. The minimum atomic E-state index is -0.400. The van der Waals surface area contributed by atoms with Gasteiger partial charge in [0.05, 0.1) is 39.3 Å². The van der Waals surface area contributed by atoms with E-state index in [-0.39, 0.29) is 27.7 Å². The van der Waals surface area contributed by atoms with Crippen molar-refractivity contribution in [3.63, 3.8) is 0 Å². The molecule has 0 N–H and O–H groups in total. The van der Waals surface area contributed by atoms with Crippen molar-refractivity contribution in [1.82, 2.24) is 4.90 Å². The quantitative estimate of drug-likeness (QED) is 0.789. The van der Waals surface area contributed by atoms with E-state index in [1.807, 2.05) is 6.07 Å². The highest BCUT2D eigenvalue weighted by Gasteiger charge is 2.36. The van der Waals surface area contributed by atoms with E-state index in [9.17, 15) is 9.59 Å². The zero-order valence-corrected chi connectivity index (χ0v) is 12.6. The maximum Gasteiger partial charge on any atom is 0.261 e. The predicted molar refractivity (Wildman–Crippen MR) is 81.8 cm³/mol. The Balaban J connectivity index is 1.92. The van der Waals surface area contributed by atoms with Crippen LogP contribution >= 0.6 is 23.2 Å². The Labute approximate surface area is 136 Å². The summed E-state index contributed by atoms with van der Waals surface area (Å²) in [5, 5.41) is 9.25. The van der Waals surface area contributed by atoms with Crippen LogP contribution in [-0.4, -0.2) is 16.7 Å². The van der Waals surface area contributed by atoms with Gasteiger partial charge < -0.3 is 0 Å². The van der Waals surface area contributed by atoms with Crippen LogP contribution in [0.4, 0.5) is 0 Å². The number of hydrogen-bond acceptors (Lipinski definition) is 3. The number of benzene rings is 2. The Kier molecular flexibility index (Phi) is 3.61. The fraction of sp³-hybridized carbons (Fsp3) is 0.0625. The molecular weight excluding hydrogens is 323 g/mol. The number of carbonyl (C=O) groups excluding carboxylic acids is 2. The molecule has 2 aromatic carbocycles. The summed E-state index contributed by atoms with van der Waals surface area (Å²) in [5.41, 5.74) is 1.79. The van der Waals surface area contributed by atoms with Crippen LogP contribution in [0, 0.1) is 11.3 Å². The maximum absolute atomic E-state index is 12.3. The third-order valence-corrected chi connectivity index (χ3v) is 4.16. The number of fused-ring (bicyclic) bond motifs is 1. The molecule has 4 nitrogen and oxygen atoms in total. The zero-order chi connectivity index (χ0) is 15.9. The van der Waals surface area contributed by atoms with Gasteiger partial charge >= 0.3 is 0 Å². The first-order valence-corrected chi connectivity index (χ1v) is 7.11. The summed E-state index contributed by atoms with van der Waals surface area (Å²) in [4.78, 5) is 25.8. The van der Waals surface area contributed by atoms with Gasteiger partial charge in [0.15, 0.2) is 0 Å². The van der Waals surface area contributed by atoms with Crippen LogP contribution in [0.2, 0.25) is 10.0 Å². The molecule has 2 amide bonds. The number of nitrogens with zero attached hydrogens (tertiary/aromatic N) is 2. The van der Waals surface area contributed by atoms with Crippen LogP contribution in [0.5, 0.6) is 0 Å². The van der Waals surface area contributed by atoms with Crippen LogP contribution in [0.15, 0.2) is 36.4 Å². The molecule has 0 fully saturated rings. The normalized spacial score (nSPS) is 13.2. The van der Waals surface area contributed by atoms with E-state index in [0.29, 0.717) is 5.56 Å². The largest absolute Gasteiger partial charge is 0.270 e. The van der Waals surface area contributed by atoms with Gasteiger partial charge in [-0.15, -0.1) is 0 Å². The molecule has 0 aromatic heterocycles. The number of rotatable bonds is 2. The van der Waals surface area contributed by atoms with Crippen molar-refractivity contribution >= 4 is 35.0 Å². The second-order valence-corrected chi connectivity index (χ2v) is 5.63. The Hall–Kier alpha value is -2.35. The monoisotopic (exact) mass is 330 g/mol. The lowest BCUT2D eigenvalue weighted by Gasteiger charge is -2.13. The molecule has 0 unspecified atom stereocenters. The molecule has 1 aliphatic heterocycles. The Morgan fingerprint density at radius 2 is 1.45 bits per heavy atom. The number of carbonyl (C=O) groups is 2. The van der Waals surface area contributed by atoms with E-state index in [0.717, 1.165) is 10.5 Å². The Bertz CT molecular complexity index is 797. The molecule has 0 saturated heterocycles. The fourth-order valence-corrected chi connectivity index (χ4v) is 2.62. The van der Waals surface area contributed by atoms with E-state index in [4.69, 9.17) is 28.5 Å². The summed E-state index contributed by atoms with van der Waals surface area (Å²) in [5.74, 6) is -0.800. The van der Waals surface area contributed by atoms with Gasteiger partial charge in [-0.1, -0.05) is 35.3 Å². The van der Waals surface area contributed by atoms with Gasteiger partial charge in [0, 0.05) is 0 Å². The lowest BCUT2D eigenvalue weighted by atomic mass is 10.1. The van der Waals surface area contributed by atoms with E-state index < -0.39 is 11.8 Å². The predicted octanol–water partition coefficient (Wildman–Crippen LogP) is 3.66. The summed E-state index contributed by atoms with van der Waals surface area (Å²) in [6.07, 6.45) is 0. The van der Waals surface area contributed by atoms with Gasteiger partial charge in [0.1, 0.15) is 0 Å². The number of nitriles is 1. The van der Waals surface area contributed by atoms with Crippen molar-refractivity contribution in [3.8, 4) is 6.07 Å². The highest BCUT2D eigenvalue weighted by Crippen LogP contribution is 2.32. The van der Waals surface area contributed by atoms with Gasteiger partial charge in [-0.3, -0.25) is 14.5 Å². The number of halogens is 2. The average Bonchev–Trinajstić information content (AvgIpc) is 2.74. The molecule has 0 saturated carbocycles. The van der Waals surface area contributed by atoms with Crippen LogP contribution in [0.1, 0.15) is 31.8 Å². The van der Waals surface area contributed by atoms with E-state index >= 15 is 0 Å². The van der Waals surface area contributed by atoms with Crippen molar-refractivity contribution < 1.29 is 9.59 Å². The van der Waals surface area contributed by atoms with E-state index in [2.05, 4.69) is 0 Å². The first-order chi connectivity index (χ1) is 10.5. The van der Waals surface area contributed by atoms with Crippen molar-refractivity contribution in [2.75, 3.05) is 0 Å². The van der Waals surface area contributed by atoms with Crippen molar-refractivity contribution in [2.24, 2.45) is 0 Å². The molecule has 6 heteroatoms. The number of amides is 2. The highest BCUT2D eigenvalue weighted by atomic mass is 35.5. The lowest BCUT2D eigenvalue weighted by Crippen LogP contribution is -2.29. The summed E-state index contributed by atoms with van der Waals surface area (Å²) in [6, 6.07) is 11.5. The topological polar surface area (TPSA) is 61.2 Å². The fourth-order valence-electron chi connectivity index (χ4n) is 2.29. The molecule has 0 radical (unpaired) electrons. The summed E-state index contributed by atoms with van der Waals surface area (Å²) in [7, 11) is 0. The van der Waals surface area contributed by atoms with E-state index in [1.54, 1.807) is 24.3 Å². The highest BCUT2D eigenvalue weighted by molar-refractivity contribution is 6.43. The number of imide groups is 1. The molecular formula is C16H8Cl2N2O2. The van der Waals surface area contributed by atoms with E-state index in [1.165, 1.54) is 12.1 Å². The minimum Gasteiger partial charge on any atom is -0.270 e. The van der Waals surface area contributed by atoms with Crippen LogP contribution < -0.4 is 0 Å². The van der Waals surface area contributed by atoms with Gasteiger partial charge in [-0.25, -0.2) is 0 Å². The van der Waals surface area contributed by atoms with Gasteiger partial charge in [-0.05, 0) is 29.8 Å². The van der Waals surface area contributed by atoms with Gasteiger partial charge in [0.25, 0.3) is 11.8 Å². The standard InChI is InChI=1S/C16H8Cl2N2O2/c17-13-5-11-12(6-14(13)18)16(22)20(15(11)21)8-10-3-1-9(7-19)2-4-10/h1-6H,8H2. The first kappa shape index (κ1) is 14.6. The summed E-state index contributed by atoms with van der Waals surface area (Å²) in [6.45, 7) is 0.132. The Morgan fingerprint density at radius 1 is 0.955 bits per heavy atom. The molecule has 0 aliphatic carbocycles. The number of hydrogen-bond donors (Lipinski definition) is 0. The third-order valence-electron chi connectivity index (χ3n) is 3.44. The maximum atomic E-state index is 12.3. The second-order valence-electron chi connectivity index (χ2n) is 4.82. The molecule has 1 heterocycles. The zero-order valence-electron chi connectivity index (χ0n) is 11.1. The molecule has 108 valence electrons. The van der Waals surface area contributed by atoms with Crippen molar-refractivity contribution in [2.45, 2.75) is 6.54 Å². The second kappa shape index (κ2) is 5.45. The smallest absolute Gasteiger partial charge is 0.261 e. The van der Waals surface area contributed by atoms with Crippen LogP contribution in [-0.2, 0) is 6.54 Å². The average molecular weight is 331 g/mol. The summed E-state index contributed by atoms with van der Waals surface area (Å²) < 4.78 is 0. The molecule has 0 spiro atoms. The Morgan fingerprint density at radius 3 is 1.91 bits per heavy atom.